The van der Waals surface area contributed by atoms with Crippen molar-refractivity contribution in [3.8, 4) is 0 Å². The fraction of sp³-hybridized carbons (Fsp3) is 0.429. The lowest BCUT2D eigenvalue weighted by Gasteiger charge is -2.30. The van der Waals surface area contributed by atoms with Gasteiger partial charge < -0.3 is 20.9 Å². The molecular weight excluding hydrogens is 252 g/mol. The molecule has 1 aliphatic rings. The predicted octanol–water partition coefficient (Wildman–Crippen LogP) is 1.08. The van der Waals surface area contributed by atoms with E-state index in [1.165, 1.54) is 0 Å². The van der Waals surface area contributed by atoms with Gasteiger partial charge in [-0.1, -0.05) is 12.2 Å². The number of aromatic nitrogens is 2. The molecule has 2 heterocycles. The Kier molecular flexibility index (Phi) is 5.37. The van der Waals surface area contributed by atoms with Crippen LogP contribution in [-0.2, 0) is 0 Å². The zero-order valence-corrected chi connectivity index (χ0v) is 11.7. The van der Waals surface area contributed by atoms with Gasteiger partial charge in [0.15, 0.2) is 5.82 Å². The van der Waals surface area contributed by atoms with E-state index in [0.717, 1.165) is 37.7 Å². The molecule has 1 aliphatic heterocycles. The van der Waals surface area contributed by atoms with Gasteiger partial charge in [-0.05, 0) is 0 Å². The number of piperazine rings is 1. The lowest BCUT2D eigenvalue weighted by molar-refractivity contribution is 0.588. The van der Waals surface area contributed by atoms with Crippen LogP contribution in [0.1, 0.15) is 0 Å². The normalized spacial score (nSPS) is 14.7. The lowest BCUT2D eigenvalue weighted by Crippen LogP contribution is -2.44. The number of anilines is 3. The topological polar surface area (TPSA) is 65.1 Å². The van der Waals surface area contributed by atoms with Crippen LogP contribution in [-0.4, -0.2) is 49.2 Å². The lowest BCUT2D eigenvalue weighted by atomic mass is 10.3. The summed E-state index contributed by atoms with van der Waals surface area (Å²) in [6, 6.07) is 0. The highest BCUT2D eigenvalue weighted by atomic mass is 15.2. The van der Waals surface area contributed by atoms with Gasteiger partial charge in [0, 0.05) is 39.3 Å². The second kappa shape index (κ2) is 7.49. The fourth-order valence-electron chi connectivity index (χ4n) is 2.06. The molecule has 1 fully saturated rings. The molecule has 3 N–H and O–H groups in total. The van der Waals surface area contributed by atoms with E-state index in [0.29, 0.717) is 19.0 Å². The summed E-state index contributed by atoms with van der Waals surface area (Å²) >= 11 is 0. The molecule has 0 unspecified atom stereocenters. The first-order valence-corrected chi connectivity index (χ1v) is 6.87. The van der Waals surface area contributed by atoms with Gasteiger partial charge >= 0.3 is 0 Å². The minimum Gasteiger partial charge on any atom is -0.365 e. The Morgan fingerprint density at radius 1 is 1.20 bits per heavy atom. The molecule has 0 amide bonds. The highest BCUT2D eigenvalue weighted by Crippen LogP contribution is 2.24. The van der Waals surface area contributed by atoms with Crippen LogP contribution >= 0.6 is 0 Å². The summed E-state index contributed by atoms with van der Waals surface area (Å²) in [4.78, 5) is 11.2. The van der Waals surface area contributed by atoms with Gasteiger partial charge in [0.2, 0.25) is 5.95 Å². The monoisotopic (exact) mass is 274 g/mol. The van der Waals surface area contributed by atoms with Crippen molar-refractivity contribution in [2.24, 2.45) is 0 Å². The van der Waals surface area contributed by atoms with Gasteiger partial charge in [0.05, 0.1) is 11.9 Å². The van der Waals surface area contributed by atoms with Crippen LogP contribution in [0.2, 0.25) is 0 Å². The SMILES string of the molecule is C=CCNc1ncc(N2CCNCC2)c(NCC=C)n1. The maximum absolute atomic E-state index is 4.53. The van der Waals surface area contributed by atoms with Gasteiger partial charge in [-0.2, -0.15) is 4.98 Å². The van der Waals surface area contributed by atoms with Crippen LogP contribution < -0.4 is 20.9 Å². The molecule has 0 radical (unpaired) electrons. The van der Waals surface area contributed by atoms with E-state index in [1.807, 2.05) is 12.3 Å². The first-order valence-electron chi connectivity index (χ1n) is 6.87. The number of rotatable bonds is 7. The van der Waals surface area contributed by atoms with Crippen LogP contribution in [0.4, 0.5) is 17.5 Å². The second-order valence-electron chi connectivity index (χ2n) is 4.50. The summed E-state index contributed by atoms with van der Waals surface area (Å²) < 4.78 is 0. The van der Waals surface area contributed by atoms with Crippen molar-refractivity contribution in [3.63, 3.8) is 0 Å². The third-order valence-corrected chi connectivity index (χ3v) is 3.05. The molecule has 0 spiro atoms. The Bertz CT molecular complexity index is 453. The van der Waals surface area contributed by atoms with Crippen molar-refractivity contribution in [1.29, 1.82) is 0 Å². The predicted molar refractivity (Wildman–Crippen MR) is 84.5 cm³/mol. The van der Waals surface area contributed by atoms with Crippen molar-refractivity contribution >= 4 is 17.5 Å². The summed E-state index contributed by atoms with van der Waals surface area (Å²) in [5.74, 6) is 1.45. The van der Waals surface area contributed by atoms with Crippen molar-refractivity contribution < 1.29 is 0 Å². The summed E-state index contributed by atoms with van der Waals surface area (Å²) in [6.45, 7) is 12.6. The molecule has 6 heteroatoms. The Hall–Kier alpha value is -2.08. The first-order chi connectivity index (χ1) is 9.85. The third-order valence-electron chi connectivity index (χ3n) is 3.05. The fourth-order valence-corrected chi connectivity index (χ4v) is 2.06. The summed E-state index contributed by atoms with van der Waals surface area (Å²) in [6.07, 6.45) is 5.47. The molecular formula is C14H22N6. The number of hydrogen-bond acceptors (Lipinski definition) is 6. The van der Waals surface area contributed by atoms with E-state index in [2.05, 4.69) is 44.0 Å². The average Bonchev–Trinajstić information content (AvgIpc) is 2.51. The summed E-state index contributed by atoms with van der Waals surface area (Å²) in [5.41, 5.74) is 1.04. The van der Waals surface area contributed by atoms with E-state index in [-0.39, 0.29) is 0 Å². The van der Waals surface area contributed by atoms with Gasteiger partial charge in [0.1, 0.15) is 0 Å². The average molecular weight is 274 g/mol. The molecule has 6 nitrogen and oxygen atoms in total. The van der Waals surface area contributed by atoms with E-state index in [1.54, 1.807) is 6.08 Å². The van der Waals surface area contributed by atoms with Crippen molar-refractivity contribution in [2.75, 3.05) is 54.8 Å². The smallest absolute Gasteiger partial charge is 0.224 e. The van der Waals surface area contributed by atoms with Crippen molar-refractivity contribution in [2.45, 2.75) is 0 Å². The van der Waals surface area contributed by atoms with E-state index in [9.17, 15) is 0 Å². The Balaban J connectivity index is 2.18. The first kappa shape index (κ1) is 14.3. The molecule has 0 aliphatic carbocycles. The summed E-state index contributed by atoms with van der Waals surface area (Å²) in [7, 11) is 0. The molecule has 1 aromatic rings. The number of hydrogen-bond donors (Lipinski definition) is 3. The Morgan fingerprint density at radius 2 is 1.90 bits per heavy atom. The van der Waals surface area contributed by atoms with Crippen LogP contribution in [0.3, 0.4) is 0 Å². The highest BCUT2D eigenvalue weighted by molar-refractivity contribution is 5.66. The zero-order chi connectivity index (χ0) is 14.2. The molecule has 1 saturated heterocycles. The third kappa shape index (κ3) is 3.71. The number of nitrogens with one attached hydrogen (secondary N) is 3. The molecule has 1 aromatic heterocycles. The molecule has 108 valence electrons. The van der Waals surface area contributed by atoms with Crippen LogP contribution in [0.5, 0.6) is 0 Å². The molecule has 0 aromatic carbocycles. The minimum absolute atomic E-state index is 0.607. The van der Waals surface area contributed by atoms with Gasteiger partial charge in [-0.25, -0.2) is 4.98 Å². The van der Waals surface area contributed by atoms with Crippen LogP contribution in [0, 0.1) is 0 Å². The van der Waals surface area contributed by atoms with Crippen molar-refractivity contribution in [1.82, 2.24) is 15.3 Å². The van der Waals surface area contributed by atoms with Gasteiger partial charge in [-0.15, -0.1) is 13.2 Å². The Morgan fingerprint density at radius 3 is 2.60 bits per heavy atom. The second-order valence-corrected chi connectivity index (χ2v) is 4.50. The van der Waals surface area contributed by atoms with E-state index >= 15 is 0 Å². The quantitative estimate of drug-likeness (QED) is 0.647. The van der Waals surface area contributed by atoms with Gasteiger partial charge in [0.25, 0.3) is 0 Å². The highest BCUT2D eigenvalue weighted by Gasteiger charge is 2.16. The molecule has 0 saturated carbocycles. The van der Waals surface area contributed by atoms with Crippen molar-refractivity contribution in [3.05, 3.63) is 31.5 Å². The van der Waals surface area contributed by atoms with E-state index in [4.69, 9.17) is 0 Å². The largest absolute Gasteiger partial charge is 0.365 e. The van der Waals surface area contributed by atoms with E-state index < -0.39 is 0 Å². The van der Waals surface area contributed by atoms with Crippen LogP contribution in [0.15, 0.2) is 31.5 Å². The molecule has 0 bridgehead atoms. The summed E-state index contributed by atoms with van der Waals surface area (Å²) in [5, 5.41) is 9.73. The number of nitrogens with zero attached hydrogens (tertiary/aromatic N) is 3. The maximum Gasteiger partial charge on any atom is 0.224 e. The van der Waals surface area contributed by atoms with Gasteiger partial charge in [-0.3, -0.25) is 0 Å². The molecule has 20 heavy (non-hydrogen) atoms. The minimum atomic E-state index is 0.607. The molecule has 0 atom stereocenters. The maximum atomic E-state index is 4.53. The Labute approximate surface area is 120 Å². The standard InChI is InChI=1S/C14H22N6/c1-3-5-16-13-12(20-9-7-15-8-10-20)11-18-14(19-13)17-6-4-2/h3-4,11,15H,1-2,5-10H2,(H2,16,17,18,19). The van der Waals surface area contributed by atoms with Crippen LogP contribution in [0.25, 0.3) is 0 Å². The molecule has 2 rings (SSSR count). The zero-order valence-electron chi connectivity index (χ0n) is 11.7.